The van der Waals surface area contributed by atoms with Gasteiger partial charge in [-0.25, -0.2) is 4.98 Å². The molecule has 4 rings (SSSR count). The van der Waals surface area contributed by atoms with Gasteiger partial charge in [0.2, 0.25) is 5.91 Å². The number of imidazole rings is 1. The van der Waals surface area contributed by atoms with Crippen LogP contribution in [-0.4, -0.2) is 15.3 Å². The van der Waals surface area contributed by atoms with E-state index in [4.69, 9.17) is 0 Å². The Hall–Kier alpha value is -2.35. The first-order valence-electron chi connectivity index (χ1n) is 6.86. The fourth-order valence-corrected chi connectivity index (χ4v) is 3.88. The molecule has 0 atom stereocenters. The zero-order chi connectivity index (χ0) is 16.2. The second-order valence-electron chi connectivity index (χ2n) is 5.28. The van der Waals surface area contributed by atoms with Gasteiger partial charge in [0.1, 0.15) is 5.65 Å². The third-order valence-electron chi connectivity index (χ3n) is 3.69. The highest BCUT2D eigenvalue weighted by Crippen LogP contribution is 2.37. The van der Waals surface area contributed by atoms with Gasteiger partial charge in [0.15, 0.2) is 5.69 Å². The zero-order valence-electron chi connectivity index (χ0n) is 11.6. The summed E-state index contributed by atoms with van der Waals surface area (Å²) in [5.74, 6) is -0.0800. The number of aromatic nitrogens is 2. The van der Waals surface area contributed by atoms with Crippen molar-refractivity contribution < 1.29 is 18.0 Å². The number of carbonyl (C=O) groups is 1. The molecular formula is C15H10F3N3OS. The lowest BCUT2D eigenvalue weighted by Crippen LogP contribution is -2.10. The van der Waals surface area contributed by atoms with Gasteiger partial charge < -0.3 is 9.72 Å². The molecule has 1 aliphatic heterocycles. The molecule has 3 aromatic rings. The van der Waals surface area contributed by atoms with E-state index in [1.54, 1.807) is 30.5 Å². The summed E-state index contributed by atoms with van der Waals surface area (Å²) in [5, 5.41) is 2.71. The van der Waals surface area contributed by atoms with Gasteiger partial charge in [0.25, 0.3) is 0 Å². The standard InChI is InChI=1S/C15H10F3N3OS/c16-15(17,18)14-10(21-4-2-1-3-12(21)20-14)6-8-5-9-11(23-8)7-13(22)19-9/h1-5H,6-7H2,(H,19,22). The molecule has 0 spiro atoms. The van der Waals surface area contributed by atoms with Crippen molar-refractivity contribution in [1.29, 1.82) is 0 Å². The first-order chi connectivity index (χ1) is 10.9. The number of fused-ring (bicyclic) bond motifs is 2. The predicted octanol–water partition coefficient (Wildman–Crippen LogP) is 3.50. The number of carbonyl (C=O) groups excluding carboxylic acids is 1. The first-order valence-corrected chi connectivity index (χ1v) is 7.68. The van der Waals surface area contributed by atoms with Crippen molar-refractivity contribution in [3.8, 4) is 0 Å². The Balaban J connectivity index is 1.79. The molecule has 0 saturated heterocycles. The van der Waals surface area contributed by atoms with E-state index in [9.17, 15) is 18.0 Å². The topological polar surface area (TPSA) is 46.4 Å². The maximum Gasteiger partial charge on any atom is 0.435 e. The van der Waals surface area contributed by atoms with E-state index >= 15 is 0 Å². The van der Waals surface area contributed by atoms with Crippen LogP contribution in [0.3, 0.4) is 0 Å². The van der Waals surface area contributed by atoms with E-state index in [2.05, 4.69) is 10.3 Å². The number of halogens is 3. The SMILES string of the molecule is O=C1Cc2sc(Cc3c(C(F)(F)F)nc4ccccn34)cc2N1. The van der Waals surface area contributed by atoms with Crippen molar-refractivity contribution in [2.24, 2.45) is 0 Å². The molecule has 0 unspecified atom stereocenters. The lowest BCUT2D eigenvalue weighted by atomic mass is 10.2. The van der Waals surface area contributed by atoms with Crippen LogP contribution in [0, 0.1) is 0 Å². The number of thiophene rings is 1. The Morgan fingerprint density at radius 1 is 1.35 bits per heavy atom. The van der Waals surface area contributed by atoms with Crippen LogP contribution in [0.15, 0.2) is 30.5 Å². The molecule has 1 N–H and O–H groups in total. The van der Waals surface area contributed by atoms with Crippen LogP contribution in [0.5, 0.6) is 0 Å². The van der Waals surface area contributed by atoms with E-state index in [1.807, 2.05) is 0 Å². The minimum atomic E-state index is -4.50. The molecule has 4 nitrogen and oxygen atoms in total. The Kier molecular flexibility index (Phi) is 2.99. The molecule has 0 radical (unpaired) electrons. The fraction of sp³-hybridized carbons (Fsp3) is 0.200. The third kappa shape index (κ3) is 2.39. The number of rotatable bonds is 2. The summed E-state index contributed by atoms with van der Waals surface area (Å²) in [7, 11) is 0. The van der Waals surface area contributed by atoms with Crippen LogP contribution in [0.25, 0.3) is 5.65 Å². The molecule has 23 heavy (non-hydrogen) atoms. The quantitative estimate of drug-likeness (QED) is 0.778. The average molecular weight is 337 g/mol. The highest BCUT2D eigenvalue weighted by Gasteiger charge is 2.38. The van der Waals surface area contributed by atoms with Crippen LogP contribution in [0.2, 0.25) is 0 Å². The summed E-state index contributed by atoms with van der Waals surface area (Å²) in [6, 6.07) is 6.62. The number of hydrogen-bond donors (Lipinski definition) is 1. The van der Waals surface area contributed by atoms with Crippen molar-refractivity contribution in [3.63, 3.8) is 0 Å². The van der Waals surface area contributed by atoms with Gasteiger partial charge in [-0.3, -0.25) is 4.79 Å². The van der Waals surface area contributed by atoms with Gasteiger partial charge in [-0.1, -0.05) is 6.07 Å². The number of pyridine rings is 1. The molecule has 0 aliphatic carbocycles. The summed E-state index contributed by atoms with van der Waals surface area (Å²) >= 11 is 1.36. The van der Waals surface area contributed by atoms with Gasteiger partial charge in [-0.05, 0) is 18.2 Å². The monoisotopic (exact) mass is 337 g/mol. The highest BCUT2D eigenvalue weighted by molar-refractivity contribution is 7.12. The van der Waals surface area contributed by atoms with Gasteiger partial charge in [0, 0.05) is 22.4 Å². The van der Waals surface area contributed by atoms with Crippen molar-refractivity contribution >= 4 is 28.6 Å². The number of nitrogens with one attached hydrogen (secondary N) is 1. The molecule has 0 fully saturated rings. The minimum Gasteiger partial charge on any atom is -0.325 e. The second kappa shape index (κ2) is 4.82. The number of alkyl halides is 3. The zero-order valence-corrected chi connectivity index (χ0v) is 12.5. The van der Waals surface area contributed by atoms with Crippen molar-refractivity contribution in [2.45, 2.75) is 19.0 Å². The van der Waals surface area contributed by atoms with Crippen molar-refractivity contribution in [1.82, 2.24) is 9.38 Å². The van der Waals surface area contributed by atoms with Crippen LogP contribution in [-0.2, 0) is 23.8 Å². The first kappa shape index (κ1) is 14.3. The summed E-state index contributed by atoms with van der Waals surface area (Å²) in [6.07, 6.45) is -2.52. The third-order valence-corrected chi connectivity index (χ3v) is 4.83. The Morgan fingerprint density at radius 2 is 2.17 bits per heavy atom. The maximum atomic E-state index is 13.3. The van der Waals surface area contributed by atoms with E-state index in [0.29, 0.717) is 12.1 Å². The van der Waals surface area contributed by atoms with Crippen molar-refractivity contribution in [3.05, 3.63) is 51.6 Å². The minimum absolute atomic E-state index is 0.0800. The highest BCUT2D eigenvalue weighted by atomic mass is 32.1. The molecule has 1 amide bonds. The lowest BCUT2D eigenvalue weighted by molar-refractivity contribution is -0.141. The smallest absolute Gasteiger partial charge is 0.325 e. The fourth-order valence-electron chi connectivity index (χ4n) is 2.76. The van der Waals surface area contributed by atoms with E-state index in [0.717, 1.165) is 9.75 Å². The molecule has 4 heterocycles. The van der Waals surface area contributed by atoms with Gasteiger partial charge in [0.05, 0.1) is 17.8 Å². The van der Waals surface area contributed by atoms with Crippen LogP contribution in [0.4, 0.5) is 18.9 Å². The number of nitrogens with zero attached hydrogens (tertiary/aromatic N) is 2. The maximum absolute atomic E-state index is 13.3. The molecule has 1 aliphatic rings. The molecule has 0 aromatic carbocycles. The molecule has 0 saturated carbocycles. The van der Waals surface area contributed by atoms with Gasteiger partial charge in [-0.15, -0.1) is 11.3 Å². The second-order valence-corrected chi connectivity index (χ2v) is 6.51. The predicted molar refractivity (Wildman–Crippen MR) is 79.7 cm³/mol. The lowest BCUT2D eigenvalue weighted by Gasteiger charge is -2.07. The summed E-state index contributed by atoms with van der Waals surface area (Å²) < 4.78 is 41.3. The Labute approximate surface area is 132 Å². The molecule has 8 heteroatoms. The summed E-state index contributed by atoms with van der Waals surface area (Å²) in [6.45, 7) is 0. The normalized spacial score (nSPS) is 14.3. The van der Waals surface area contributed by atoms with E-state index in [-0.39, 0.29) is 23.7 Å². The average Bonchev–Trinajstić information content (AvgIpc) is 3.10. The molecule has 3 aromatic heterocycles. The van der Waals surface area contributed by atoms with E-state index < -0.39 is 11.9 Å². The molecular weight excluding hydrogens is 327 g/mol. The summed E-state index contributed by atoms with van der Waals surface area (Å²) in [5.41, 5.74) is 0.227. The number of amides is 1. The summed E-state index contributed by atoms with van der Waals surface area (Å²) in [4.78, 5) is 16.6. The molecule has 118 valence electrons. The Bertz CT molecular complexity index is 900. The number of anilines is 1. The largest absolute Gasteiger partial charge is 0.435 e. The van der Waals surface area contributed by atoms with Gasteiger partial charge in [-0.2, -0.15) is 13.2 Å². The Morgan fingerprint density at radius 3 is 2.91 bits per heavy atom. The van der Waals surface area contributed by atoms with E-state index in [1.165, 1.54) is 15.7 Å². The number of hydrogen-bond acceptors (Lipinski definition) is 3. The van der Waals surface area contributed by atoms with Gasteiger partial charge >= 0.3 is 6.18 Å². The van der Waals surface area contributed by atoms with Crippen molar-refractivity contribution in [2.75, 3.05) is 5.32 Å². The molecule has 0 bridgehead atoms. The van der Waals surface area contributed by atoms with Crippen LogP contribution >= 0.6 is 11.3 Å². The van der Waals surface area contributed by atoms with Crippen LogP contribution in [0.1, 0.15) is 21.1 Å². The van der Waals surface area contributed by atoms with Crippen LogP contribution < -0.4 is 5.32 Å².